The first-order chi connectivity index (χ1) is 16.9. The highest BCUT2D eigenvalue weighted by molar-refractivity contribution is 7.80. The zero-order chi connectivity index (χ0) is 27.0. The number of rotatable bonds is 8. The van der Waals surface area contributed by atoms with Gasteiger partial charge in [-0.15, -0.1) is 0 Å². The van der Waals surface area contributed by atoms with Gasteiger partial charge in [-0.25, -0.2) is 4.79 Å². The molecule has 2 atom stereocenters. The lowest BCUT2D eigenvalue weighted by Gasteiger charge is -2.31. The number of carbonyl (C=O) groups is 3. The molecule has 0 saturated heterocycles. The lowest BCUT2D eigenvalue weighted by atomic mass is 9.94. The zero-order valence-corrected chi connectivity index (χ0v) is 22.3. The van der Waals surface area contributed by atoms with E-state index in [2.05, 4.69) is 29.3 Å². The van der Waals surface area contributed by atoms with Crippen LogP contribution in [0.3, 0.4) is 0 Å². The standard InChI is InChI=1S/C27H33N3O5S/c1-8-30(25(32)21(16-36)29-26(33)35-27(4,5)6)23(22-17(2)10-9-11-18(22)3)24(31)28-19-12-14-20(34-7)15-13-19/h1,9-15,21,23,36H,16H2,2-7H3,(H,28,31)(H,29,33). The maximum Gasteiger partial charge on any atom is 0.408 e. The van der Waals surface area contributed by atoms with Gasteiger partial charge < -0.3 is 20.1 Å². The molecule has 0 fully saturated rings. The molecule has 2 unspecified atom stereocenters. The van der Waals surface area contributed by atoms with Gasteiger partial charge in [0.25, 0.3) is 11.8 Å². The summed E-state index contributed by atoms with van der Waals surface area (Å²) in [5, 5.41) is 5.33. The van der Waals surface area contributed by atoms with Gasteiger partial charge in [0.15, 0.2) is 0 Å². The molecular weight excluding hydrogens is 478 g/mol. The van der Waals surface area contributed by atoms with Crippen molar-refractivity contribution in [3.05, 3.63) is 59.2 Å². The first kappa shape index (κ1) is 28.6. The molecular formula is C27H33N3O5S. The van der Waals surface area contributed by atoms with Crippen LogP contribution in [0.5, 0.6) is 5.75 Å². The van der Waals surface area contributed by atoms with Crippen LogP contribution in [-0.2, 0) is 14.3 Å². The first-order valence-electron chi connectivity index (χ1n) is 11.3. The van der Waals surface area contributed by atoms with Gasteiger partial charge >= 0.3 is 6.09 Å². The molecule has 0 radical (unpaired) electrons. The van der Waals surface area contributed by atoms with E-state index < -0.39 is 35.6 Å². The number of terminal acetylenes is 1. The molecule has 192 valence electrons. The highest BCUT2D eigenvalue weighted by Crippen LogP contribution is 2.29. The van der Waals surface area contributed by atoms with E-state index >= 15 is 0 Å². The quantitative estimate of drug-likeness (QED) is 0.280. The Morgan fingerprint density at radius 1 is 1.08 bits per heavy atom. The molecule has 0 aliphatic rings. The van der Waals surface area contributed by atoms with Crippen LogP contribution in [0.15, 0.2) is 42.5 Å². The highest BCUT2D eigenvalue weighted by atomic mass is 32.1. The van der Waals surface area contributed by atoms with E-state index in [0.29, 0.717) is 17.0 Å². The van der Waals surface area contributed by atoms with E-state index in [4.69, 9.17) is 15.9 Å². The molecule has 0 saturated carbocycles. The SMILES string of the molecule is C#CN(C(=O)C(CS)NC(=O)OC(C)(C)C)C(C(=O)Nc1ccc(OC)cc1)c1c(C)cccc1C. The number of methoxy groups -OCH3 is 1. The van der Waals surface area contributed by atoms with Crippen LogP contribution < -0.4 is 15.4 Å². The van der Waals surface area contributed by atoms with Crippen molar-refractivity contribution < 1.29 is 23.9 Å². The second-order valence-corrected chi connectivity index (χ2v) is 9.51. The number of nitrogens with one attached hydrogen (secondary N) is 2. The van der Waals surface area contributed by atoms with Crippen LogP contribution in [0.25, 0.3) is 0 Å². The van der Waals surface area contributed by atoms with Crippen molar-refractivity contribution in [1.29, 1.82) is 0 Å². The number of ether oxygens (including phenoxy) is 2. The fourth-order valence-corrected chi connectivity index (χ4v) is 3.84. The Labute approximate surface area is 218 Å². The molecule has 2 rings (SSSR count). The lowest BCUT2D eigenvalue weighted by molar-refractivity contribution is -0.136. The number of aryl methyl sites for hydroxylation is 2. The topological polar surface area (TPSA) is 97.0 Å². The van der Waals surface area contributed by atoms with Gasteiger partial charge in [0, 0.05) is 17.5 Å². The van der Waals surface area contributed by atoms with Crippen LogP contribution in [0, 0.1) is 26.3 Å². The molecule has 0 aliphatic heterocycles. The third-order valence-corrected chi connectivity index (χ3v) is 5.59. The van der Waals surface area contributed by atoms with Gasteiger partial charge in [-0.3, -0.25) is 14.5 Å². The van der Waals surface area contributed by atoms with E-state index in [0.717, 1.165) is 16.0 Å². The summed E-state index contributed by atoms with van der Waals surface area (Å²) in [6.45, 7) is 8.80. The lowest BCUT2D eigenvalue weighted by Crippen LogP contribution is -2.52. The van der Waals surface area contributed by atoms with Crippen LogP contribution in [0.4, 0.5) is 10.5 Å². The Kier molecular flexibility index (Phi) is 9.82. The summed E-state index contributed by atoms with van der Waals surface area (Å²) in [5.74, 6) is -0.616. The smallest absolute Gasteiger partial charge is 0.408 e. The van der Waals surface area contributed by atoms with Crippen molar-refractivity contribution in [1.82, 2.24) is 10.2 Å². The van der Waals surface area contributed by atoms with Crippen molar-refractivity contribution in [2.24, 2.45) is 0 Å². The fraction of sp³-hybridized carbons (Fsp3) is 0.370. The summed E-state index contributed by atoms with van der Waals surface area (Å²) in [4.78, 5) is 40.5. The second kappa shape index (κ2) is 12.4. The summed E-state index contributed by atoms with van der Waals surface area (Å²) < 4.78 is 10.4. The van der Waals surface area contributed by atoms with Crippen molar-refractivity contribution in [2.75, 3.05) is 18.2 Å². The minimum absolute atomic E-state index is 0.0597. The largest absolute Gasteiger partial charge is 0.497 e. The number of thiol groups is 1. The summed E-state index contributed by atoms with van der Waals surface area (Å²) in [6.07, 6.45) is 5.00. The number of carbonyl (C=O) groups excluding carboxylic acids is 3. The molecule has 0 spiro atoms. The van der Waals surface area contributed by atoms with Gasteiger partial charge in [0.05, 0.1) is 7.11 Å². The number of hydrogen-bond donors (Lipinski definition) is 3. The number of alkyl carbamates (subject to hydrolysis) is 1. The molecule has 0 aliphatic carbocycles. The number of anilines is 1. The summed E-state index contributed by atoms with van der Waals surface area (Å²) in [7, 11) is 1.55. The predicted molar refractivity (Wildman–Crippen MR) is 143 cm³/mol. The number of amides is 3. The van der Waals surface area contributed by atoms with Crippen molar-refractivity contribution in [2.45, 2.75) is 52.3 Å². The molecule has 0 aromatic heterocycles. The van der Waals surface area contributed by atoms with Crippen LogP contribution >= 0.6 is 12.6 Å². The monoisotopic (exact) mass is 511 g/mol. The van der Waals surface area contributed by atoms with Gasteiger partial charge in [0.2, 0.25) is 0 Å². The average Bonchev–Trinajstić information content (AvgIpc) is 2.80. The zero-order valence-electron chi connectivity index (χ0n) is 21.4. The molecule has 2 aromatic carbocycles. The average molecular weight is 512 g/mol. The van der Waals surface area contributed by atoms with Gasteiger partial charge in [0.1, 0.15) is 23.4 Å². The maximum atomic E-state index is 13.6. The van der Waals surface area contributed by atoms with Crippen molar-refractivity contribution in [3.63, 3.8) is 0 Å². The van der Waals surface area contributed by atoms with Gasteiger partial charge in [-0.2, -0.15) is 12.6 Å². The Bertz CT molecular complexity index is 1120. The molecule has 36 heavy (non-hydrogen) atoms. The summed E-state index contributed by atoms with van der Waals surface area (Å²) >= 11 is 4.22. The van der Waals surface area contributed by atoms with E-state index in [-0.39, 0.29) is 5.75 Å². The van der Waals surface area contributed by atoms with Crippen LogP contribution in [0.1, 0.15) is 43.5 Å². The molecule has 0 heterocycles. The highest BCUT2D eigenvalue weighted by Gasteiger charge is 2.37. The first-order valence-corrected chi connectivity index (χ1v) is 12.0. The second-order valence-electron chi connectivity index (χ2n) is 9.14. The van der Waals surface area contributed by atoms with Crippen molar-refractivity contribution in [3.8, 4) is 18.2 Å². The molecule has 9 heteroatoms. The van der Waals surface area contributed by atoms with E-state index in [9.17, 15) is 14.4 Å². The van der Waals surface area contributed by atoms with E-state index in [1.54, 1.807) is 52.1 Å². The molecule has 2 aromatic rings. The third-order valence-electron chi connectivity index (χ3n) is 5.23. The molecule has 0 bridgehead atoms. The number of nitrogens with zero attached hydrogens (tertiary/aromatic N) is 1. The molecule has 3 amide bonds. The molecule has 8 nitrogen and oxygen atoms in total. The van der Waals surface area contributed by atoms with Gasteiger partial charge in [-0.05, 0) is 75.6 Å². The van der Waals surface area contributed by atoms with Crippen molar-refractivity contribution >= 4 is 36.2 Å². The minimum Gasteiger partial charge on any atom is -0.497 e. The third kappa shape index (κ3) is 7.43. The summed E-state index contributed by atoms with van der Waals surface area (Å²) in [6, 6.07) is 12.4. The summed E-state index contributed by atoms with van der Waals surface area (Å²) in [5.41, 5.74) is 1.88. The van der Waals surface area contributed by atoms with Crippen LogP contribution in [-0.4, -0.2) is 47.3 Å². The minimum atomic E-state index is -1.17. The Morgan fingerprint density at radius 2 is 1.67 bits per heavy atom. The Hall–Kier alpha value is -3.64. The molecule has 2 N–H and O–H groups in total. The van der Waals surface area contributed by atoms with E-state index in [1.165, 1.54) is 0 Å². The fourth-order valence-electron chi connectivity index (χ4n) is 3.59. The normalized spacial score (nSPS) is 12.5. The van der Waals surface area contributed by atoms with E-state index in [1.807, 2.05) is 32.0 Å². The van der Waals surface area contributed by atoms with Gasteiger partial charge in [-0.1, -0.05) is 24.6 Å². The number of benzene rings is 2. The predicted octanol–water partition coefficient (Wildman–Crippen LogP) is 4.23. The Morgan fingerprint density at radius 3 is 2.14 bits per heavy atom. The number of hydrogen-bond acceptors (Lipinski definition) is 6. The van der Waals surface area contributed by atoms with Crippen LogP contribution in [0.2, 0.25) is 0 Å². The maximum absolute atomic E-state index is 13.6. The Balaban J connectivity index is 2.46.